The molecule has 0 saturated heterocycles. The number of anilines is 1. The number of oxazole rings is 1. The van der Waals surface area contributed by atoms with Crippen LogP contribution < -0.4 is 16.8 Å². The Morgan fingerprint density at radius 3 is 2.58 bits per heavy atom. The minimum atomic E-state index is -0.782. The van der Waals surface area contributed by atoms with Gasteiger partial charge in [0.15, 0.2) is 5.58 Å². The molecule has 0 bridgehead atoms. The van der Waals surface area contributed by atoms with Crippen molar-refractivity contribution in [2.45, 2.75) is 37.8 Å². The van der Waals surface area contributed by atoms with Gasteiger partial charge in [-0.25, -0.2) is 4.79 Å². The number of aromatic nitrogens is 1. The number of fused-ring (bicyclic) bond motifs is 1. The number of carbonyl (C=O) groups excluding carboxylic acids is 1. The SMILES string of the molecule is CN(C)CCn1c(=O)oc2ccc(NC(=O)C3(N)CCCC3)cc21.Cl.Cl. The third-order valence-electron chi connectivity index (χ3n) is 4.64. The van der Waals surface area contributed by atoms with Crippen molar-refractivity contribution >= 4 is 47.5 Å². The molecule has 1 aliphatic rings. The van der Waals surface area contributed by atoms with Crippen molar-refractivity contribution in [1.82, 2.24) is 9.47 Å². The maximum atomic E-state index is 12.4. The maximum Gasteiger partial charge on any atom is 0.419 e. The highest BCUT2D eigenvalue weighted by molar-refractivity contribution is 5.99. The van der Waals surface area contributed by atoms with E-state index >= 15 is 0 Å². The topological polar surface area (TPSA) is 93.5 Å². The molecule has 3 N–H and O–H groups in total. The van der Waals surface area contributed by atoms with E-state index in [9.17, 15) is 9.59 Å². The monoisotopic (exact) mass is 404 g/mol. The number of likely N-dealkylation sites (N-methyl/N-ethyl adjacent to an activating group) is 1. The van der Waals surface area contributed by atoms with Crippen LogP contribution >= 0.6 is 24.8 Å². The van der Waals surface area contributed by atoms with Crippen molar-refractivity contribution in [1.29, 1.82) is 0 Å². The van der Waals surface area contributed by atoms with Gasteiger partial charge in [0, 0.05) is 18.8 Å². The maximum absolute atomic E-state index is 12.4. The molecule has 0 atom stereocenters. The molecule has 0 radical (unpaired) electrons. The third-order valence-corrected chi connectivity index (χ3v) is 4.64. The van der Waals surface area contributed by atoms with Gasteiger partial charge in [-0.1, -0.05) is 12.8 Å². The van der Waals surface area contributed by atoms with Gasteiger partial charge in [-0.2, -0.15) is 0 Å². The Balaban J connectivity index is 0.00000169. The first-order valence-electron chi connectivity index (χ1n) is 8.27. The molecule has 1 aromatic carbocycles. The molecule has 9 heteroatoms. The molecular weight excluding hydrogens is 379 g/mol. The molecule has 1 saturated carbocycles. The summed E-state index contributed by atoms with van der Waals surface area (Å²) in [6, 6.07) is 5.21. The number of carbonyl (C=O) groups is 1. The number of rotatable bonds is 5. The predicted molar refractivity (Wildman–Crippen MR) is 108 cm³/mol. The molecule has 2 aromatic rings. The van der Waals surface area contributed by atoms with Gasteiger partial charge < -0.3 is 20.4 Å². The molecule has 1 amide bonds. The van der Waals surface area contributed by atoms with E-state index in [1.807, 2.05) is 19.0 Å². The highest BCUT2D eigenvalue weighted by Gasteiger charge is 2.37. The Bertz CT molecular complexity index is 810. The zero-order valence-electron chi connectivity index (χ0n) is 15.0. The van der Waals surface area contributed by atoms with Crippen molar-refractivity contribution in [2.75, 3.05) is 26.0 Å². The number of nitrogens with one attached hydrogen (secondary N) is 1. The second-order valence-corrected chi connectivity index (χ2v) is 6.82. The van der Waals surface area contributed by atoms with Crippen LogP contribution in [0.5, 0.6) is 0 Å². The summed E-state index contributed by atoms with van der Waals surface area (Å²) in [5.41, 5.74) is 7.23. The smallest absolute Gasteiger partial charge is 0.408 e. The quantitative estimate of drug-likeness (QED) is 0.796. The van der Waals surface area contributed by atoms with Crippen LogP contribution in [0, 0.1) is 0 Å². The molecule has 7 nitrogen and oxygen atoms in total. The molecule has 0 aliphatic heterocycles. The van der Waals surface area contributed by atoms with E-state index in [1.54, 1.807) is 22.8 Å². The molecule has 1 aliphatic carbocycles. The first-order chi connectivity index (χ1) is 11.4. The molecule has 0 unspecified atom stereocenters. The summed E-state index contributed by atoms with van der Waals surface area (Å²) in [6.45, 7) is 1.24. The van der Waals surface area contributed by atoms with Crippen LogP contribution in [0.25, 0.3) is 11.1 Å². The fourth-order valence-corrected chi connectivity index (χ4v) is 3.14. The summed E-state index contributed by atoms with van der Waals surface area (Å²) < 4.78 is 6.84. The van der Waals surface area contributed by atoms with E-state index in [0.29, 0.717) is 36.2 Å². The van der Waals surface area contributed by atoms with E-state index in [1.165, 1.54) is 0 Å². The first kappa shape index (κ1) is 22.5. The van der Waals surface area contributed by atoms with Crippen molar-refractivity contribution in [3.8, 4) is 0 Å². The summed E-state index contributed by atoms with van der Waals surface area (Å²) in [6.07, 6.45) is 3.38. The molecule has 1 fully saturated rings. The van der Waals surface area contributed by atoms with Gasteiger partial charge in [0.2, 0.25) is 5.91 Å². The van der Waals surface area contributed by atoms with Gasteiger partial charge in [0.1, 0.15) is 0 Å². The van der Waals surface area contributed by atoms with Crippen LogP contribution in [0.1, 0.15) is 25.7 Å². The molecule has 26 heavy (non-hydrogen) atoms. The fourth-order valence-electron chi connectivity index (χ4n) is 3.14. The Morgan fingerprint density at radius 2 is 1.96 bits per heavy atom. The standard InChI is InChI=1S/C17H24N4O3.2ClH/c1-20(2)9-10-21-13-11-12(5-6-14(13)24-16(21)23)19-15(22)17(18)7-3-4-8-17;;/h5-6,11H,3-4,7-10,18H2,1-2H3,(H,19,22);2*1H. The largest absolute Gasteiger partial charge is 0.419 e. The van der Waals surface area contributed by atoms with Gasteiger partial charge in [-0.3, -0.25) is 9.36 Å². The van der Waals surface area contributed by atoms with Crippen LogP contribution in [0.3, 0.4) is 0 Å². The lowest BCUT2D eigenvalue weighted by Crippen LogP contribution is -2.48. The Kier molecular flexibility index (Phi) is 7.70. The first-order valence-corrected chi connectivity index (χ1v) is 8.27. The highest BCUT2D eigenvalue weighted by Crippen LogP contribution is 2.29. The predicted octanol–water partition coefficient (Wildman–Crippen LogP) is 2.21. The van der Waals surface area contributed by atoms with Crippen LogP contribution in [0.2, 0.25) is 0 Å². The second-order valence-electron chi connectivity index (χ2n) is 6.82. The zero-order chi connectivity index (χ0) is 17.3. The van der Waals surface area contributed by atoms with E-state index in [4.69, 9.17) is 10.2 Å². The van der Waals surface area contributed by atoms with E-state index in [-0.39, 0.29) is 36.5 Å². The summed E-state index contributed by atoms with van der Waals surface area (Å²) in [7, 11) is 3.89. The Morgan fingerprint density at radius 1 is 1.31 bits per heavy atom. The van der Waals surface area contributed by atoms with Crippen molar-refractivity contribution < 1.29 is 9.21 Å². The molecular formula is C17H26Cl2N4O3. The van der Waals surface area contributed by atoms with Crippen molar-refractivity contribution in [3.05, 3.63) is 28.7 Å². The molecule has 0 spiro atoms. The van der Waals surface area contributed by atoms with Gasteiger partial charge in [0.05, 0.1) is 11.1 Å². The molecule has 1 heterocycles. The number of nitrogens with zero attached hydrogens (tertiary/aromatic N) is 2. The molecule has 3 rings (SSSR count). The van der Waals surface area contributed by atoms with Crippen LogP contribution in [-0.4, -0.2) is 41.6 Å². The van der Waals surface area contributed by atoms with Crippen LogP contribution in [0.4, 0.5) is 5.69 Å². The number of nitrogens with two attached hydrogens (primary N) is 1. The summed E-state index contributed by atoms with van der Waals surface area (Å²) >= 11 is 0. The zero-order valence-corrected chi connectivity index (χ0v) is 16.6. The van der Waals surface area contributed by atoms with Gasteiger partial charge in [-0.05, 0) is 45.1 Å². The minimum absolute atomic E-state index is 0. The number of hydrogen-bond acceptors (Lipinski definition) is 5. The van der Waals surface area contributed by atoms with E-state index in [0.717, 1.165) is 19.4 Å². The van der Waals surface area contributed by atoms with Gasteiger partial charge >= 0.3 is 5.76 Å². The Hall–Kier alpha value is -1.54. The number of benzene rings is 1. The molecule has 1 aromatic heterocycles. The number of halogens is 2. The lowest BCUT2D eigenvalue weighted by atomic mass is 9.98. The molecule has 146 valence electrons. The fraction of sp³-hybridized carbons (Fsp3) is 0.529. The minimum Gasteiger partial charge on any atom is -0.408 e. The number of hydrogen-bond donors (Lipinski definition) is 2. The van der Waals surface area contributed by atoms with Crippen molar-refractivity contribution in [3.63, 3.8) is 0 Å². The van der Waals surface area contributed by atoms with E-state index < -0.39 is 5.54 Å². The van der Waals surface area contributed by atoms with Crippen molar-refractivity contribution in [2.24, 2.45) is 5.73 Å². The van der Waals surface area contributed by atoms with Gasteiger partial charge in [0.25, 0.3) is 0 Å². The summed E-state index contributed by atoms with van der Waals surface area (Å²) in [4.78, 5) is 26.5. The normalized spacial score (nSPS) is 15.5. The summed E-state index contributed by atoms with van der Waals surface area (Å²) in [5.74, 6) is -0.550. The lowest BCUT2D eigenvalue weighted by molar-refractivity contribution is -0.121. The third kappa shape index (κ3) is 4.59. The lowest BCUT2D eigenvalue weighted by Gasteiger charge is -2.22. The number of amides is 1. The Labute approximate surface area is 164 Å². The van der Waals surface area contributed by atoms with E-state index in [2.05, 4.69) is 5.32 Å². The van der Waals surface area contributed by atoms with Crippen LogP contribution in [0.15, 0.2) is 27.4 Å². The van der Waals surface area contributed by atoms with Gasteiger partial charge in [-0.15, -0.1) is 24.8 Å². The second kappa shape index (κ2) is 8.90. The highest BCUT2D eigenvalue weighted by atomic mass is 35.5. The van der Waals surface area contributed by atoms with Crippen LogP contribution in [-0.2, 0) is 11.3 Å². The summed E-state index contributed by atoms with van der Waals surface area (Å²) in [5, 5.41) is 2.89. The average Bonchev–Trinajstić information content (AvgIpc) is 3.09. The average molecular weight is 405 g/mol.